The maximum Gasteiger partial charge on any atom is 0.292 e. The molecule has 0 radical (unpaired) electrons. The summed E-state index contributed by atoms with van der Waals surface area (Å²) in [5.74, 6) is 1.03. The smallest absolute Gasteiger partial charge is 0.292 e. The zero-order valence-corrected chi connectivity index (χ0v) is 18.3. The molecule has 32 heavy (non-hydrogen) atoms. The van der Waals surface area contributed by atoms with Crippen LogP contribution in [0.1, 0.15) is 41.2 Å². The van der Waals surface area contributed by atoms with Crippen molar-refractivity contribution in [3.8, 4) is 11.4 Å². The minimum Gasteiger partial charge on any atom is -0.497 e. The number of nitrogens with one attached hydrogen (secondary N) is 1. The number of aryl methyl sites for hydroxylation is 1. The molecule has 166 valence electrons. The molecule has 2 fully saturated rings. The lowest BCUT2D eigenvalue weighted by atomic mass is 9.79. The highest BCUT2D eigenvalue weighted by Gasteiger charge is 2.54. The molecule has 1 unspecified atom stereocenters. The van der Waals surface area contributed by atoms with E-state index in [-0.39, 0.29) is 17.0 Å². The van der Waals surface area contributed by atoms with Crippen LogP contribution in [-0.4, -0.2) is 52.9 Å². The number of rotatable bonds is 2. The van der Waals surface area contributed by atoms with E-state index in [0.717, 1.165) is 36.4 Å². The highest BCUT2D eigenvalue weighted by atomic mass is 16.5. The van der Waals surface area contributed by atoms with Crippen molar-refractivity contribution in [3.63, 3.8) is 0 Å². The summed E-state index contributed by atoms with van der Waals surface area (Å²) in [4.78, 5) is 14.6. The van der Waals surface area contributed by atoms with E-state index in [1.165, 1.54) is 5.69 Å². The molecule has 8 heteroatoms. The lowest BCUT2D eigenvalue weighted by Crippen LogP contribution is -2.48. The van der Waals surface area contributed by atoms with Crippen LogP contribution in [0, 0.1) is 6.92 Å². The second-order valence-electron chi connectivity index (χ2n) is 9.13. The number of fused-ring (bicyclic) bond motifs is 4. The number of hydrogen-bond acceptors (Lipinski definition) is 6. The van der Waals surface area contributed by atoms with Gasteiger partial charge in [-0.2, -0.15) is 0 Å². The van der Waals surface area contributed by atoms with Gasteiger partial charge in [0.05, 0.1) is 42.1 Å². The van der Waals surface area contributed by atoms with Crippen molar-refractivity contribution in [2.45, 2.75) is 37.3 Å². The molecule has 2 spiro atoms. The number of nitrogens with zero attached hydrogens (tertiary/aromatic N) is 3. The Morgan fingerprint density at radius 2 is 2.06 bits per heavy atom. The largest absolute Gasteiger partial charge is 0.497 e. The van der Waals surface area contributed by atoms with E-state index in [4.69, 9.17) is 14.0 Å². The van der Waals surface area contributed by atoms with E-state index in [2.05, 4.69) is 39.4 Å². The fourth-order valence-electron chi connectivity index (χ4n) is 5.49. The van der Waals surface area contributed by atoms with E-state index >= 15 is 0 Å². The molecule has 2 aromatic heterocycles. The summed E-state index contributed by atoms with van der Waals surface area (Å²) < 4.78 is 19.4. The predicted octanol–water partition coefficient (Wildman–Crippen LogP) is 3.50. The van der Waals surface area contributed by atoms with E-state index < -0.39 is 0 Å². The highest BCUT2D eigenvalue weighted by molar-refractivity contribution is 5.91. The molecule has 0 saturated carbocycles. The van der Waals surface area contributed by atoms with Crippen LogP contribution in [-0.2, 0) is 10.3 Å². The van der Waals surface area contributed by atoms with Crippen molar-refractivity contribution in [2.75, 3.05) is 32.1 Å². The molecule has 3 aliphatic heterocycles. The zero-order valence-electron chi connectivity index (χ0n) is 18.3. The van der Waals surface area contributed by atoms with E-state index in [0.29, 0.717) is 31.2 Å². The number of carbonyl (C=O) groups is 1. The van der Waals surface area contributed by atoms with E-state index in [9.17, 15) is 4.79 Å². The van der Waals surface area contributed by atoms with Crippen molar-refractivity contribution in [2.24, 2.45) is 0 Å². The van der Waals surface area contributed by atoms with Crippen LogP contribution < -0.4 is 10.1 Å². The molecule has 8 nitrogen and oxygen atoms in total. The predicted molar refractivity (Wildman–Crippen MR) is 117 cm³/mol. The Kier molecular flexibility index (Phi) is 4.17. The quantitative estimate of drug-likeness (QED) is 0.665. The molecular formula is C24H26N4O4. The number of benzene rings is 1. The van der Waals surface area contributed by atoms with Gasteiger partial charge >= 0.3 is 0 Å². The van der Waals surface area contributed by atoms with Gasteiger partial charge in [0.1, 0.15) is 11.3 Å². The number of aromatic nitrogens is 2. The van der Waals surface area contributed by atoms with Gasteiger partial charge in [-0.05, 0) is 44.0 Å². The third-order valence-electron chi connectivity index (χ3n) is 7.13. The minimum absolute atomic E-state index is 0.0983. The summed E-state index contributed by atoms with van der Waals surface area (Å²) in [5, 5.41) is 7.63. The lowest BCUT2D eigenvalue weighted by molar-refractivity contribution is -0.0397. The summed E-state index contributed by atoms with van der Waals surface area (Å²) >= 11 is 0. The fraction of sp³-hybridized carbons (Fsp3) is 0.417. The van der Waals surface area contributed by atoms with Gasteiger partial charge in [0.2, 0.25) is 5.76 Å². The van der Waals surface area contributed by atoms with Crippen LogP contribution in [0.5, 0.6) is 5.75 Å². The Morgan fingerprint density at radius 3 is 2.81 bits per heavy atom. The molecule has 0 aliphatic carbocycles. The Hall–Kier alpha value is -3.26. The second kappa shape index (κ2) is 6.87. The van der Waals surface area contributed by atoms with Crippen LogP contribution in [0.3, 0.4) is 0 Å². The number of carbonyl (C=O) groups excluding carboxylic acids is 1. The van der Waals surface area contributed by atoms with Gasteiger partial charge in [-0.25, -0.2) is 0 Å². The van der Waals surface area contributed by atoms with Crippen LogP contribution in [0.4, 0.5) is 5.69 Å². The number of ether oxygens (including phenoxy) is 2. The van der Waals surface area contributed by atoms with Crippen molar-refractivity contribution in [1.82, 2.24) is 14.6 Å². The first-order valence-corrected chi connectivity index (χ1v) is 11.0. The molecule has 2 saturated heterocycles. The average Bonchev–Trinajstić information content (AvgIpc) is 3.54. The first kappa shape index (κ1) is 19.4. The SMILES string of the molecule is COc1ccc2c(c1)NC1(COC3(CCN(C(=O)c4cc(C)no4)CC3)C1)c1cccn1-2. The number of piperidine rings is 1. The summed E-state index contributed by atoms with van der Waals surface area (Å²) in [6.07, 6.45) is 4.54. The van der Waals surface area contributed by atoms with Crippen LogP contribution in [0.25, 0.3) is 5.69 Å². The molecule has 0 bridgehead atoms. The summed E-state index contributed by atoms with van der Waals surface area (Å²) in [6, 6.07) is 12.1. The number of methoxy groups -OCH3 is 1. The van der Waals surface area contributed by atoms with Crippen LogP contribution >= 0.6 is 0 Å². The Morgan fingerprint density at radius 1 is 1.22 bits per heavy atom. The van der Waals surface area contributed by atoms with Crippen LogP contribution in [0.15, 0.2) is 47.1 Å². The first-order valence-electron chi connectivity index (χ1n) is 11.0. The molecule has 1 amide bonds. The maximum atomic E-state index is 12.8. The summed E-state index contributed by atoms with van der Waals surface area (Å²) in [7, 11) is 1.68. The van der Waals surface area contributed by atoms with Crippen molar-refractivity contribution < 1.29 is 18.8 Å². The lowest BCUT2D eigenvalue weighted by Gasteiger charge is -2.41. The van der Waals surface area contributed by atoms with Gasteiger partial charge < -0.3 is 28.8 Å². The van der Waals surface area contributed by atoms with Gasteiger partial charge in [-0.1, -0.05) is 5.16 Å². The third-order valence-corrected chi connectivity index (χ3v) is 7.13. The minimum atomic E-state index is -0.308. The molecule has 6 rings (SSSR count). The first-order chi connectivity index (χ1) is 15.5. The molecule has 3 aliphatic rings. The standard InChI is InChI=1S/C24H26N4O4/c1-16-12-20(32-26-16)22(29)27-10-7-23(8-11-27)14-24(15-31-23)21-4-3-9-28(21)19-6-5-17(30-2)13-18(19)25-24/h3-6,9,12-13,25H,7-8,10-11,14-15H2,1-2H3. The van der Waals surface area contributed by atoms with Crippen LogP contribution in [0.2, 0.25) is 0 Å². The van der Waals surface area contributed by atoms with E-state index in [1.54, 1.807) is 13.2 Å². The van der Waals surface area contributed by atoms with Crippen molar-refractivity contribution in [1.29, 1.82) is 0 Å². The molecule has 3 aromatic rings. The van der Waals surface area contributed by atoms with E-state index in [1.807, 2.05) is 24.0 Å². The zero-order chi connectivity index (χ0) is 21.9. The van der Waals surface area contributed by atoms with Gasteiger partial charge in [0, 0.05) is 37.8 Å². The number of hydrogen-bond donors (Lipinski definition) is 1. The molecule has 1 aromatic carbocycles. The highest BCUT2D eigenvalue weighted by Crippen LogP contribution is 2.50. The summed E-state index contributed by atoms with van der Waals surface area (Å²) in [5.41, 5.74) is 3.51. The molecular weight excluding hydrogens is 408 g/mol. The Bertz CT molecular complexity index is 1190. The average molecular weight is 434 g/mol. The topological polar surface area (TPSA) is 81.8 Å². The maximum absolute atomic E-state index is 12.8. The van der Waals surface area contributed by atoms with Gasteiger partial charge in [-0.15, -0.1) is 0 Å². The third kappa shape index (κ3) is 2.86. The molecule has 1 atom stereocenters. The Labute approximate surface area is 186 Å². The normalized spacial score (nSPS) is 23.1. The molecule has 1 N–H and O–H groups in total. The number of anilines is 1. The Balaban J connectivity index is 1.24. The molecule has 5 heterocycles. The number of amides is 1. The van der Waals surface area contributed by atoms with Gasteiger partial charge in [0.25, 0.3) is 5.91 Å². The monoisotopic (exact) mass is 434 g/mol. The van der Waals surface area contributed by atoms with Crippen molar-refractivity contribution in [3.05, 3.63) is 59.7 Å². The van der Waals surface area contributed by atoms with Gasteiger partial charge in [-0.3, -0.25) is 4.79 Å². The second-order valence-corrected chi connectivity index (χ2v) is 9.13. The summed E-state index contributed by atoms with van der Waals surface area (Å²) in [6.45, 7) is 3.68. The van der Waals surface area contributed by atoms with Gasteiger partial charge in [0.15, 0.2) is 0 Å². The number of likely N-dealkylation sites (tertiary alicyclic amines) is 1. The fourth-order valence-corrected chi connectivity index (χ4v) is 5.49. The van der Waals surface area contributed by atoms with Crippen molar-refractivity contribution >= 4 is 11.6 Å².